The summed E-state index contributed by atoms with van der Waals surface area (Å²) in [4.78, 5) is 29.4. The van der Waals surface area contributed by atoms with Crippen LogP contribution in [0.3, 0.4) is 0 Å². The number of methoxy groups -OCH3 is 1. The number of Topliss-reactive ketones (excluding diaryl/α,β-unsaturated/α-hetero) is 1. The molecule has 3 rings (SSSR count). The van der Waals surface area contributed by atoms with Crippen molar-refractivity contribution in [2.45, 2.75) is 13.0 Å². The highest BCUT2D eigenvalue weighted by atomic mass is 16.5. The van der Waals surface area contributed by atoms with Gasteiger partial charge in [-0.05, 0) is 50.8 Å². The van der Waals surface area contributed by atoms with E-state index in [-0.39, 0.29) is 11.3 Å². The van der Waals surface area contributed by atoms with Crippen LogP contribution in [0.15, 0.2) is 54.1 Å². The van der Waals surface area contributed by atoms with Crippen LogP contribution in [0.2, 0.25) is 0 Å². The molecule has 1 atom stereocenters. The molecule has 164 valence electrons. The minimum absolute atomic E-state index is 0.0718. The molecule has 1 heterocycles. The van der Waals surface area contributed by atoms with Gasteiger partial charge in [0.2, 0.25) is 0 Å². The van der Waals surface area contributed by atoms with Crippen molar-refractivity contribution in [1.29, 1.82) is 0 Å². The lowest BCUT2D eigenvalue weighted by Gasteiger charge is -2.26. The number of carbonyl (C=O) groups is 2. The number of hydrogen-bond donors (Lipinski definition) is 1. The van der Waals surface area contributed by atoms with Gasteiger partial charge in [0.1, 0.15) is 17.3 Å². The molecular formula is C24H28N2O5. The standard InChI is InChI=1S/C24H28N2O5/c1-5-31-19-8-6-7-17(15-19)22(27)20-21(16-9-11-18(30-4)12-10-16)26(14-13-25(2)3)24(29)23(20)28/h6-12,15,21,27H,5,13-14H2,1-4H3/b22-20+. The lowest BCUT2D eigenvalue weighted by molar-refractivity contribution is -0.140. The largest absolute Gasteiger partial charge is 0.507 e. The summed E-state index contributed by atoms with van der Waals surface area (Å²) in [5.74, 6) is -0.287. The van der Waals surface area contributed by atoms with E-state index in [2.05, 4.69) is 0 Å². The van der Waals surface area contributed by atoms with Crippen molar-refractivity contribution in [2.24, 2.45) is 0 Å². The average Bonchev–Trinajstić information content (AvgIpc) is 3.02. The molecule has 1 amide bonds. The Kier molecular flexibility index (Phi) is 6.97. The number of aliphatic hydroxyl groups is 1. The Morgan fingerprint density at radius 2 is 1.81 bits per heavy atom. The summed E-state index contributed by atoms with van der Waals surface area (Å²) in [6, 6.07) is 13.3. The number of ketones is 1. The van der Waals surface area contributed by atoms with Crippen LogP contribution < -0.4 is 9.47 Å². The molecule has 0 saturated carbocycles. The van der Waals surface area contributed by atoms with Crippen LogP contribution in [-0.2, 0) is 9.59 Å². The third kappa shape index (κ3) is 4.72. The fraction of sp³-hybridized carbons (Fsp3) is 0.333. The van der Waals surface area contributed by atoms with E-state index < -0.39 is 17.7 Å². The van der Waals surface area contributed by atoms with Crippen molar-refractivity contribution in [3.8, 4) is 11.5 Å². The quantitative estimate of drug-likeness (QED) is 0.399. The molecule has 2 aromatic rings. The molecule has 2 aromatic carbocycles. The fourth-order valence-corrected chi connectivity index (χ4v) is 3.61. The SMILES string of the molecule is CCOc1cccc(/C(O)=C2\C(=O)C(=O)N(CCN(C)C)C2c2ccc(OC)cc2)c1. The highest BCUT2D eigenvalue weighted by Crippen LogP contribution is 2.40. The van der Waals surface area contributed by atoms with Gasteiger partial charge in [-0.2, -0.15) is 0 Å². The van der Waals surface area contributed by atoms with E-state index in [0.717, 1.165) is 5.56 Å². The molecule has 1 unspecified atom stereocenters. The summed E-state index contributed by atoms with van der Waals surface area (Å²) in [6.07, 6.45) is 0. The Hall–Kier alpha value is -3.32. The van der Waals surface area contributed by atoms with E-state index in [1.807, 2.05) is 38.1 Å². The zero-order valence-electron chi connectivity index (χ0n) is 18.3. The number of hydrogen-bond acceptors (Lipinski definition) is 6. The number of likely N-dealkylation sites (N-methyl/N-ethyl adjacent to an activating group) is 1. The third-order valence-electron chi connectivity index (χ3n) is 5.18. The first kappa shape index (κ1) is 22.4. The van der Waals surface area contributed by atoms with Gasteiger partial charge in [-0.1, -0.05) is 24.3 Å². The van der Waals surface area contributed by atoms with Crippen LogP contribution in [0.5, 0.6) is 11.5 Å². The summed E-state index contributed by atoms with van der Waals surface area (Å²) < 4.78 is 10.7. The van der Waals surface area contributed by atoms with E-state index in [1.165, 1.54) is 4.90 Å². The second-order valence-electron chi connectivity index (χ2n) is 7.53. The summed E-state index contributed by atoms with van der Waals surface area (Å²) in [5.41, 5.74) is 1.22. The van der Waals surface area contributed by atoms with Crippen molar-refractivity contribution in [3.05, 3.63) is 65.2 Å². The van der Waals surface area contributed by atoms with Crippen LogP contribution >= 0.6 is 0 Å². The number of carbonyl (C=O) groups excluding carboxylic acids is 2. The van der Waals surface area contributed by atoms with Crippen molar-refractivity contribution in [3.63, 3.8) is 0 Å². The number of amides is 1. The normalized spacial score (nSPS) is 18.0. The Labute approximate surface area is 182 Å². The minimum Gasteiger partial charge on any atom is -0.507 e. The molecule has 7 nitrogen and oxygen atoms in total. The van der Waals surface area contributed by atoms with Gasteiger partial charge < -0.3 is 24.4 Å². The number of aliphatic hydroxyl groups excluding tert-OH is 1. The van der Waals surface area contributed by atoms with Gasteiger partial charge in [0.25, 0.3) is 11.7 Å². The van der Waals surface area contributed by atoms with Gasteiger partial charge in [-0.3, -0.25) is 9.59 Å². The first-order valence-corrected chi connectivity index (χ1v) is 10.2. The lowest BCUT2D eigenvalue weighted by Crippen LogP contribution is -2.35. The van der Waals surface area contributed by atoms with Gasteiger partial charge in [-0.25, -0.2) is 0 Å². The molecule has 0 radical (unpaired) electrons. The lowest BCUT2D eigenvalue weighted by atomic mass is 9.95. The molecule has 7 heteroatoms. The van der Waals surface area contributed by atoms with E-state index in [9.17, 15) is 14.7 Å². The molecule has 31 heavy (non-hydrogen) atoms. The van der Waals surface area contributed by atoms with Gasteiger partial charge in [0.05, 0.1) is 25.3 Å². The van der Waals surface area contributed by atoms with Gasteiger partial charge in [0, 0.05) is 18.7 Å². The highest BCUT2D eigenvalue weighted by Gasteiger charge is 2.45. The molecule has 1 fully saturated rings. The Morgan fingerprint density at radius 3 is 2.42 bits per heavy atom. The number of likely N-dealkylation sites (tertiary alicyclic amines) is 1. The van der Waals surface area contributed by atoms with Crippen molar-refractivity contribution in [2.75, 3.05) is 40.9 Å². The summed E-state index contributed by atoms with van der Waals surface area (Å²) >= 11 is 0. The number of rotatable bonds is 8. The van der Waals surface area contributed by atoms with E-state index in [1.54, 1.807) is 43.5 Å². The second-order valence-corrected chi connectivity index (χ2v) is 7.53. The third-order valence-corrected chi connectivity index (χ3v) is 5.18. The molecule has 0 aliphatic carbocycles. The van der Waals surface area contributed by atoms with Crippen LogP contribution in [0.25, 0.3) is 5.76 Å². The average molecular weight is 424 g/mol. The zero-order chi connectivity index (χ0) is 22.5. The molecule has 0 aromatic heterocycles. The minimum atomic E-state index is -0.695. The van der Waals surface area contributed by atoms with Crippen LogP contribution in [-0.4, -0.2) is 67.5 Å². The second kappa shape index (κ2) is 9.66. The molecule has 1 aliphatic rings. The summed E-state index contributed by atoms with van der Waals surface area (Å²) in [5, 5.41) is 11.1. The number of ether oxygens (including phenoxy) is 2. The maximum Gasteiger partial charge on any atom is 0.295 e. The van der Waals surface area contributed by atoms with E-state index in [0.29, 0.717) is 36.8 Å². The van der Waals surface area contributed by atoms with E-state index >= 15 is 0 Å². The zero-order valence-corrected chi connectivity index (χ0v) is 18.3. The van der Waals surface area contributed by atoms with Crippen molar-refractivity contribution >= 4 is 17.4 Å². The van der Waals surface area contributed by atoms with Crippen molar-refractivity contribution < 1.29 is 24.2 Å². The highest BCUT2D eigenvalue weighted by molar-refractivity contribution is 6.46. The van der Waals surface area contributed by atoms with Crippen LogP contribution in [0, 0.1) is 0 Å². The Bertz CT molecular complexity index is 982. The van der Waals surface area contributed by atoms with Crippen LogP contribution in [0.4, 0.5) is 0 Å². The smallest absolute Gasteiger partial charge is 0.295 e. The van der Waals surface area contributed by atoms with Crippen LogP contribution in [0.1, 0.15) is 24.1 Å². The number of benzene rings is 2. The van der Waals surface area contributed by atoms with Gasteiger partial charge in [0.15, 0.2) is 0 Å². The Morgan fingerprint density at radius 1 is 1.10 bits per heavy atom. The summed E-state index contributed by atoms with van der Waals surface area (Å²) in [7, 11) is 5.37. The fourth-order valence-electron chi connectivity index (χ4n) is 3.61. The maximum absolute atomic E-state index is 13.0. The molecule has 1 saturated heterocycles. The van der Waals surface area contributed by atoms with Gasteiger partial charge in [-0.15, -0.1) is 0 Å². The molecule has 1 aliphatic heterocycles. The number of nitrogens with zero attached hydrogens (tertiary/aromatic N) is 2. The summed E-state index contributed by atoms with van der Waals surface area (Å²) in [6.45, 7) is 3.28. The Balaban J connectivity index is 2.12. The topological polar surface area (TPSA) is 79.3 Å². The predicted molar refractivity (Wildman–Crippen MR) is 118 cm³/mol. The molecule has 1 N–H and O–H groups in total. The molecule has 0 bridgehead atoms. The first-order valence-electron chi connectivity index (χ1n) is 10.2. The molecule has 0 spiro atoms. The monoisotopic (exact) mass is 424 g/mol. The molecular weight excluding hydrogens is 396 g/mol. The maximum atomic E-state index is 13.0. The van der Waals surface area contributed by atoms with Gasteiger partial charge >= 0.3 is 0 Å². The first-order chi connectivity index (χ1) is 14.9. The van der Waals surface area contributed by atoms with Crippen molar-refractivity contribution in [1.82, 2.24) is 9.80 Å². The van der Waals surface area contributed by atoms with E-state index in [4.69, 9.17) is 9.47 Å². The predicted octanol–water partition coefficient (Wildman–Crippen LogP) is 3.08.